The molecule has 16 heteroatoms. The number of carbonyl (C=O) groups excluding carboxylic acids is 5. The summed E-state index contributed by atoms with van der Waals surface area (Å²) >= 11 is 0. The van der Waals surface area contributed by atoms with Crippen LogP contribution in [0.15, 0.2) is 48.7 Å². The number of amides is 6. The van der Waals surface area contributed by atoms with E-state index in [-0.39, 0.29) is 41.8 Å². The van der Waals surface area contributed by atoms with E-state index in [4.69, 9.17) is 10.7 Å². The number of urea groups is 1. The molecular formula is C40H45N11O5. The predicted molar refractivity (Wildman–Crippen MR) is 208 cm³/mol. The second-order valence-electron chi connectivity index (χ2n) is 14.9. The predicted octanol–water partition coefficient (Wildman–Crippen LogP) is 1.59. The van der Waals surface area contributed by atoms with Gasteiger partial charge in [0, 0.05) is 94.9 Å². The third-order valence-corrected chi connectivity index (χ3v) is 11.3. The molecule has 16 nitrogen and oxygen atoms in total. The molecule has 4 fully saturated rings. The van der Waals surface area contributed by atoms with Gasteiger partial charge in [-0.25, -0.2) is 14.8 Å². The first-order valence-corrected chi connectivity index (χ1v) is 19.2. The van der Waals surface area contributed by atoms with Crippen LogP contribution in [-0.2, 0) is 16.1 Å². The quantitative estimate of drug-likeness (QED) is 0.224. The molecule has 2 aromatic carbocycles. The van der Waals surface area contributed by atoms with Gasteiger partial charge in [0.1, 0.15) is 11.9 Å². The first-order valence-electron chi connectivity index (χ1n) is 19.2. The number of likely N-dealkylation sites (N-methyl/N-ethyl adjacent to an activating group) is 1. The van der Waals surface area contributed by atoms with Crippen molar-refractivity contribution < 1.29 is 24.0 Å². The van der Waals surface area contributed by atoms with E-state index >= 15 is 0 Å². The van der Waals surface area contributed by atoms with Crippen LogP contribution >= 0.6 is 0 Å². The molecule has 2 atom stereocenters. The first kappa shape index (κ1) is 36.8. The number of nitrogens with zero attached hydrogens (tertiary/aromatic N) is 8. The normalized spacial score (nSPS) is 21.6. The van der Waals surface area contributed by atoms with Crippen molar-refractivity contribution in [2.24, 2.45) is 5.73 Å². The number of fused-ring (bicyclic) bond motifs is 1. The summed E-state index contributed by atoms with van der Waals surface area (Å²) in [7, 11) is 1.83. The summed E-state index contributed by atoms with van der Waals surface area (Å²) in [6.45, 7) is 7.12. The van der Waals surface area contributed by atoms with Crippen molar-refractivity contribution in [3.05, 3.63) is 71.0 Å². The van der Waals surface area contributed by atoms with Gasteiger partial charge in [-0.2, -0.15) is 0 Å². The minimum atomic E-state index is -0.672. The number of imide groups is 1. The molecule has 8 rings (SSSR count). The topological polar surface area (TPSA) is 181 Å². The molecular weight excluding hydrogens is 715 g/mol. The first-order chi connectivity index (χ1) is 27.1. The molecule has 56 heavy (non-hydrogen) atoms. The minimum Gasteiger partial charge on any atom is -0.369 e. The van der Waals surface area contributed by atoms with Gasteiger partial charge in [0.05, 0.1) is 18.8 Å². The molecule has 5 aliphatic heterocycles. The van der Waals surface area contributed by atoms with Gasteiger partial charge >= 0.3 is 6.03 Å². The molecule has 1 aromatic heterocycles. The van der Waals surface area contributed by atoms with E-state index in [1.54, 1.807) is 22.1 Å². The summed E-state index contributed by atoms with van der Waals surface area (Å²) in [5.41, 5.74) is 9.73. The van der Waals surface area contributed by atoms with Crippen molar-refractivity contribution in [2.45, 2.75) is 44.3 Å². The lowest BCUT2D eigenvalue weighted by molar-refractivity contribution is -0.136. The Morgan fingerprint density at radius 1 is 0.946 bits per heavy atom. The van der Waals surface area contributed by atoms with E-state index < -0.39 is 17.9 Å². The molecule has 0 spiro atoms. The Balaban J connectivity index is 0.844. The maximum Gasteiger partial charge on any atom is 0.320 e. The molecule has 0 radical (unpaired) electrons. The number of piperazine rings is 1. The second kappa shape index (κ2) is 15.5. The van der Waals surface area contributed by atoms with Crippen molar-refractivity contribution in [1.29, 1.82) is 0 Å². The number of hydrogen-bond donors (Lipinski definition) is 3. The van der Waals surface area contributed by atoms with Crippen LogP contribution in [0, 0.1) is 11.8 Å². The van der Waals surface area contributed by atoms with Crippen molar-refractivity contribution in [2.75, 3.05) is 81.1 Å². The molecule has 6 heterocycles. The Bertz CT molecular complexity index is 2120. The van der Waals surface area contributed by atoms with Crippen molar-refractivity contribution in [3.63, 3.8) is 0 Å². The number of nitrogens with two attached hydrogens (primary N) is 1. The molecule has 1 unspecified atom stereocenters. The highest BCUT2D eigenvalue weighted by Crippen LogP contribution is 2.29. The van der Waals surface area contributed by atoms with E-state index in [0.29, 0.717) is 44.0 Å². The number of primary amides is 1. The lowest BCUT2D eigenvalue weighted by Gasteiger charge is -2.37. The van der Waals surface area contributed by atoms with Crippen molar-refractivity contribution >= 4 is 52.7 Å². The number of nitrogens with one attached hydrogen (secondary N) is 2. The molecule has 0 saturated carbocycles. The highest BCUT2D eigenvalue weighted by atomic mass is 16.2. The number of carbonyl (C=O) groups is 5. The summed E-state index contributed by atoms with van der Waals surface area (Å²) in [5, 5.41) is 5.60. The summed E-state index contributed by atoms with van der Waals surface area (Å²) in [5.74, 6) is 5.79. The van der Waals surface area contributed by atoms with E-state index in [0.717, 1.165) is 74.6 Å². The second-order valence-corrected chi connectivity index (χ2v) is 14.9. The van der Waals surface area contributed by atoms with Crippen LogP contribution in [0.25, 0.3) is 0 Å². The van der Waals surface area contributed by atoms with E-state index in [1.165, 1.54) is 0 Å². The van der Waals surface area contributed by atoms with Gasteiger partial charge in [-0.05, 0) is 61.2 Å². The van der Waals surface area contributed by atoms with Gasteiger partial charge in [0.2, 0.25) is 11.8 Å². The average Bonchev–Trinajstić information content (AvgIpc) is 3.71. The van der Waals surface area contributed by atoms with Crippen LogP contribution in [0.1, 0.15) is 57.7 Å². The zero-order valence-corrected chi connectivity index (χ0v) is 31.4. The molecule has 290 valence electrons. The van der Waals surface area contributed by atoms with Crippen LogP contribution in [0.3, 0.4) is 0 Å². The smallest absolute Gasteiger partial charge is 0.320 e. The molecule has 3 aromatic rings. The zero-order valence-electron chi connectivity index (χ0n) is 31.4. The lowest BCUT2D eigenvalue weighted by atomic mass is 10.0. The Morgan fingerprint density at radius 3 is 2.48 bits per heavy atom. The van der Waals surface area contributed by atoms with Gasteiger partial charge in [0.25, 0.3) is 11.8 Å². The van der Waals surface area contributed by atoms with E-state index in [1.807, 2.05) is 48.3 Å². The molecule has 6 amide bonds. The van der Waals surface area contributed by atoms with Gasteiger partial charge in [-0.15, -0.1) is 0 Å². The fraction of sp³-hybridized carbons (Fsp3) is 0.425. The van der Waals surface area contributed by atoms with Gasteiger partial charge < -0.3 is 35.6 Å². The lowest BCUT2D eigenvalue weighted by Crippen LogP contribution is -2.52. The Hall–Kier alpha value is -6.21. The van der Waals surface area contributed by atoms with E-state index in [9.17, 15) is 24.0 Å². The van der Waals surface area contributed by atoms with Gasteiger partial charge in [-0.3, -0.25) is 29.4 Å². The number of anilines is 4. The highest BCUT2D eigenvalue weighted by Gasteiger charge is 2.39. The summed E-state index contributed by atoms with van der Waals surface area (Å²) < 4.78 is 0. The molecule has 4 saturated heterocycles. The van der Waals surface area contributed by atoms with Crippen LogP contribution in [-0.4, -0.2) is 137 Å². The number of rotatable bonds is 8. The number of aromatic nitrogens is 2. The Morgan fingerprint density at radius 2 is 1.75 bits per heavy atom. The standard InChI is InChI=1S/C40H45N11O5/c1-46-16-21-50(40(46)56)30-5-3-15-49(25-30)33-23-42-35(36(41)53)37(44-33)43-28-8-10-29(11-9-28)48-19-17-47(18-20-48)14-2-4-26-6-7-27-24-51(39(55)31(27)22-26)32-12-13-34(52)45-38(32)54/h6-11,22-23,30,32H,3,5,12-21,24-25H2,1H3,(H2,41,53)(H,43,44)(H,45,52,54)/t30-,32?/m0/s1. The zero-order chi connectivity index (χ0) is 38.9. The molecule has 5 aliphatic rings. The monoisotopic (exact) mass is 759 g/mol. The fourth-order valence-corrected chi connectivity index (χ4v) is 8.17. The van der Waals surface area contributed by atoms with Crippen LogP contribution < -0.4 is 26.2 Å². The number of benzene rings is 2. The summed E-state index contributed by atoms with van der Waals surface area (Å²) in [6.07, 6.45) is 3.98. The average molecular weight is 760 g/mol. The fourth-order valence-electron chi connectivity index (χ4n) is 8.17. The number of piperidine rings is 2. The number of hydrogen-bond acceptors (Lipinski definition) is 11. The van der Waals surface area contributed by atoms with Crippen LogP contribution in [0.5, 0.6) is 0 Å². The molecule has 0 aliphatic carbocycles. The van der Waals surface area contributed by atoms with Crippen LogP contribution in [0.2, 0.25) is 0 Å². The third kappa shape index (κ3) is 7.54. The SMILES string of the molecule is CN1CCN([C@H]2CCCN(c3cnc(C(N)=O)c(Nc4ccc(N5CCN(CC#Cc6ccc7c(c6)C(=O)N(C6CCC(=O)NC6=O)C7)CC5)cc4)n3)C2)C1=O. The molecule has 4 N–H and O–H groups in total. The van der Waals surface area contributed by atoms with Crippen LogP contribution in [0.4, 0.5) is 27.8 Å². The van der Waals surface area contributed by atoms with Crippen molar-refractivity contribution in [1.82, 2.24) is 34.9 Å². The third-order valence-electron chi connectivity index (χ3n) is 11.3. The van der Waals surface area contributed by atoms with E-state index in [2.05, 4.69) is 42.2 Å². The molecule has 0 bridgehead atoms. The largest absolute Gasteiger partial charge is 0.369 e. The maximum absolute atomic E-state index is 13.2. The summed E-state index contributed by atoms with van der Waals surface area (Å²) in [6, 6.07) is 13.1. The Kier molecular flexibility index (Phi) is 10.2. The van der Waals surface area contributed by atoms with Gasteiger partial charge in [0.15, 0.2) is 11.5 Å². The minimum absolute atomic E-state index is 0.0563. The summed E-state index contributed by atoms with van der Waals surface area (Å²) in [4.78, 5) is 83.2. The Labute approximate surface area is 325 Å². The maximum atomic E-state index is 13.2. The van der Waals surface area contributed by atoms with Gasteiger partial charge in [-0.1, -0.05) is 17.9 Å². The highest BCUT2D eigenvalue weighted by molar-refractivity contribution is 6.05. The van der Waals surface area contributed by atoms with Crippen molar-refractivity contribution in [3.8, 4) is 11.8 Å².